The maximum atomic E-state index is 12.5. The summed E-state index contributed by atoms with van der Waals surface area (Å²) in [4.78, 5) is 18.5. The molecule has 1 saturated heterocycles. The molecule has 0 bridgehead atoms. The molecule has 2 heterocycles. The van der Waals surface area contributed by atoms with Crippen molar-refractivity contribution in [2.75, 3.05) is 23.8 Å². The molecule has 1 amide bonds. The van der Waals surface area contributed by atoms with Crippen LogP contribution in [0.1, 0.15) is 24.7 Å². The predicted octanol–water partition coefficient (Wildman–Crippen LogP) is 2.10. The Morgan fingerprint density at radius 3 is 2.78 bits per heavy atom. The van der Waals surface area contributed by atoms with Gasteiger partial charge in [0.05, 0.1) is 17.3 Å². The van der Waals surface area contributed by atoms with Crippen LogP contribution in [0.4, 0.5) is 0 Å². The number of thioether (sulfide) groups is 1. The number of H-pyrrole nitrogens is 1. The quantitative estimate of drug-likeness (QED) is 0.708. The molecule has 1 aliphatic rings. The summed E-state index contributed by atoms with van der Waals surface area (Å²) >= 11 is 1.25. The lowest BCUT2D eigenvalue weighted by molar-refractivity contribution is -0.129. The molecule has 1 aliphatic heterocycles. The van der Waals surface area contributed by atoms with Gasteiger partial charge in [0.25, 0.3) is 0 Å². The number of benzene rings is 1. The van der Waals surface area contributed by atoms with Gasteiger partial charge in [-0.2, -0.15) is 0 Å². The Hall–Kier alpha value is -2.13. The average molecular weight is 407 g/mol. The Balaban J connectivity index is 1.54. The first-order chi connectivity index (χ1) is 13.0. The zero-order valence-electron chi connectivity index (χ0n) is 15.0. The molecule has 1 fully saturated rings. The Morgan fingerprint density at radius 2 is 2.11 bits per heavy atom. The fourth-order valence-corrected chi connectivity index (χ4v) is 5.43. The molecule has 27 heavy (non-hydrogen) atoms. The monoisotopic (exact) mass is 406 g/mol. The maximum absolute atomic E-state index is 12.5. The standard InChI is InChI=1S/C18H22N4O3S2/c1-2-22(15-10-11-27(24,25)13-15)17(23)12-26-18-19-16(20-21-18)9-8-14-6-4-3-5-7-14/h3-9,15H,2,10-13H2,1H3,(H,19,20,21)/b9-8+. The second kappa shape index (κ2) is 8.71. The minimum Gasteiger partial charge on any atom is -0.338 e. The molecule has 144 valence electrons. The third-order valence-corrected chi connectivity index (χ3v) is 6.93. The highest BCUT2D eigenvalue weighted by molar-refractivity contribution is 7.99. The summed E-state index contributed by atoms with van der Waals surface area (Å²) in [6.07, 6.45) is 4.27. The number of carbonyl (C=O) groups excluding carboxylic acids is 1. The smallest absolute Gasteiger partial charge is 0.233 e. The maximum Gasteiger partial charge on any atom is 0.233 e. The van der Waals surface area contributed by atoms with Crippen molar-refractivity contribution in [1.82, 2.24) is 20.1 Å². The van der Waals surface area contributed by atoms with Gasteiger partial charge in [-0.05, 0) is 25.0 Å². The zero-order chi connectivity index (χ0) is 19.3. The Kier molecular flexibility index (Phi) is 6.33. The molecular formula is C18H22N4O3S2. The third kappa shape index (κ3) is 5.43. The lowest BCUT2D eigenvalue weighted by atomic mass is 10.2. The van der Waals surface area contributed by atoms with Gasteiger partial charge in [0.1, 0.15) is 5.82 Å². The van der Waals surface area contributed by atoms with Crippen LogP contribution in [0, 0.1) is 0 Å². The molecule has 0 spiro atoms. The van der Waals surface area contributed by atoms with Gasteiger partial charge in [0, 0.05) is 12.6 Å². The van der Waals surface area contributed by atoms with Crippen molar-refractivity contribution in [2.24, 2.45) is 0 Å². The predicted molar refractivity (Wildman–Crippen MR) is 107 cm³/mol. The van der Waals surface area contributed by atoms with Crippen LogP contribution in [0.2, 0.25) is 0 Å². The molecule has 0 radical (unpaired) electrons. The number of aromatic amines is 1. The van der Waals surface area contributed by atoms with E-state index in [9.17, 15) is 13.2 Å². The summed E-state index contributed by atoms with van der Waals surface area (Å²) in [6.45, 7) is 2.37. The molecular weight excluding hydrogens is 384 g/mol. The van der Waals surface area contributed by atoms with E-state index in [2.05, 4.69) is 15.2 Å². The molecule has 0 aliphatic carbocycles. The van der Waals surface area contributed by atoms with Crippen molar-refractivity contribution in [3.63, 3.8) is 0 Å². The molecule has 7 nitrogen and oxygen atoms in total. The van der Waals surface area contributed by atoms with E-state index in [1.54, 1.807) is 4.90 Å². The molecule has 3 rings (SSSR count). The number of aromatic nitrogens is 3. The Labute approximate surface area is 163 Å². The Bertz CT molecular complexity index is 910. The summed E-state index contributed by atoms with van der Waals surface area (Å²) in [6, 6.07) is 9.64. The molecule has 1 N–H and O–H groups in total. The number of hydrogen-bond donors (Lipinski definition) is 1. The first kappa shape index (κ1) is 19.6. The fourth-order valence-electron chi connectivity index (χ4n) is 3.01. The fraction of sp³-hybridized carbons (Fsp3) is 0.389. The van der Waals surface area contributed by atoms with Gasteiger partial charge in [-0.1, -0.05) is 48.2 Å². The van der Waals surface area contributed by atoms with Crippen molar-refractivity contribution < 1.29 is 13.2 Å². The van der Waals surface area contributed by atoms with Gasteiger partial charge >= 0.3 is 0 Å². The number of hydrogen-bond acceptors (Lipinski definition) is 6. The van der Waals surface area contributed by atoms with Crippen LogP contribution in [0.25, 0.3) is 12.2 Å². The number of nitrogens with one attached hydrogen (secondary N) is 1. The molecule has 9 heteroatoms. The average Bonchev–Trinajstić information content (AvgIpc) is 3.26. The van der Waals surface area contributed by atoms with E-state index in [0.717, 1.165) is 5.56 Å². The topological polar surface area (TPSA) is 96.0 Å². The van der Waals surface area contributed by atoms with Gasteiger partial charge in [-0.15, -0.1) is 5.10 Å². The van der Waals surface area contributed by atoms with Gasteiger partial charge in [0.15, 0.2) is 9.84 Å². The highest BCUT2D eigenvalue weighted by atomic mass is 32.2. The summed E-state index contributed by atoms with van der Waals surface area (Å²) in [5.74, 6) is 0.932. The van der Waals surface area contributed by atoms with Crippen LogP contribution in [-0.4, -0.2) is 64.3 Å². The molecule has 0 saturated carbocycles. The van der Waals surface area contributed by atoms with Crippen LogP contribution in [0.5, 0.6) is 0 Å². The van der Waals surface area contributed by atoms with E-state index in [1.165, 1.54) is 11.8 Å². The van der Waals surface area contributed by atoms with Gasteiger partial charge < -0.3 is 4.90 Å². The minimum atomic E-state index is -3.02. The molecule has 1 aromatic carbocycles. The summed E-state index contributed by atoms with van der Waals surface area (Å²) in [5.41, 5.74) is 1.06. The minimum absolute atomic E-state index is 0.0618. The van der Waals surface area contributed by atoms with E-state index in [1.807, 2.05) is 49.4 Å². The summed E-state index contributed by atoms with van der Waals surface area (Å²) in [7, 11) is -3.02. The highest BCUT2D eigenvalue weighted by Gasteiger charge is 2.33. The number of rotatable bonds is 7. The van der Waals surface area contributed by atoms with Crippen LogP contribution in [0.3, 0.4) is 0 Å². The van der Waals surface area contributed by atoms with Crippen LogP contribution in [-0.2, 0) is 14.6 Å². The first-order valence-corrected chi connectivity index (χ1v) is 11.6. The second-order valence-electron chi connectivity index (χ2n) is 6.27. The van der Waals surface area contributed by atoms with Gasteiger partial charge in [0.2, 0.25) is 11.1 Å². The van der Waals surface area contributed by atoms with Gasteiger partial charge in [-0.25, -0.2) is 13.4 Å². The summed E-state index contributed by atoms with van der Waals surface area (Å²) < 4.78 is 23.3. The molecule has 1 aromatic heterocycles. The lowest BCUT2D eigenvalue weighted by Gasteiger charge is -2.26. The highest BCUT2D eigenvalue weighted by Crippen LogP contribution is 2.20. The van der Waals surface area contributed by atoms with Crippen molar-refractivity contribution in [1.29, 1.82) is 0 Å². The number of amides is 1. The molecule has 1 atom stereocenters. The number of carbonyl (C=O) groups is 1. The van der Waals surface area contributed by atoms with Gasteiger partial charge in [-0.3, -0.25) is 9.89 Å². The zero-order valence-corrected chi connectivity index (χ0v) is 16.7. The molecule has 1 unspecified atom stereocenters. The third-order valence-electron chi connectivity index (χ3n) is 4.35. The largest absolute Gasteiger partial charge is 0.338 e. The lowest BCUT2D eigenvalue weighted by Crippen LogP contribution is -2.41. The van der Waals surface area contributed by atoms with Crippen LogP contribution in [0.15, 0.2) is 35.5 Å². The van der Waals surface area contributed by atoms with E-state index in [0.29, 0.717) is 23.9 Å². The van der Waals surface area contributed by atoms with E-state index >= 15 is 0 Å². The van der Waals surface area contributed by atoms with Crippen molar-refractivity contribution in [3.05, 3.63) is 41.7 Å². The van der Waals surface area contributed by atoms with Crippen molar-refractivity contribution in [3.8, 4) is 0 Å². The molecule has 2 aromatic rings. The second-order valence-corrected chi connectivity index (χ2v) is 9.44. The summed E-state index contributed by atoms with van der Waals surface area (Å²) in [5, 5.41) is 7.44. The van der Waals surface area contributed by atoms with Crippen molar-refractivity contribution in [2.45, 2.75) is 24.5 Å². The normalized spacial score (nSPS) is 18.8. The number of nitrogens with zero attached hydrogens (tertiary/aromatic N) is 3. The number of sulfone groups is 1. The van der Waals surface area contributed by atoms with E-state index in [4.69, 9.17) is 0 Å². The van der Waals surface area contributed by atoms with Crippen molar-refractivity contribution >= 4 is 39.7 Å². The van der Waals surface area contributed by atoms with Crippen LogP contribution < -0.4 is 0 Å². The van der Waals surface area contributed by atoms with Crippen LogP contribution >= 0.6 is 11.8 Å². The first-order valence-electron chi connectivity index (χ1n) is 8.75. The Morgan fingerprint density at radius 1 is 1.33 bits per heavy atom. The van der Waals surface area contributed by atoms with E-state index in [-0.39, 0.29) is 29.2 Å². The SMILES string of the molecule is CCN(C(=O)CSc1n[nH]c(/C=C/c2ccccc2)n1)C1CCS(=O)(=O)C1. The van der Waals surface area contributed by atoms with E-state index < -0.39 is 9.84 Å².